The van der Waals surface area contributed by atoms with Crippen LogP contribution in [0.25, 0.3) is 10.9 Å². The molecule has 4 rings (SSSR count). The number of carbonyl (C=O) groups excluding carboxylic acids is 1. The van der Waals surface area contributed by atoms with Gasteiger partial charge in [0.05, 0.1) is 12.6 Å². The van der Waals surface area contributed by atoms with E-state index in [1.165, 1.54) is 42.1 Å². The lowest BCUT2D eigenvalue weighted by atomic mass is 9.82. The van der Waals surface area contributed by atoms with Crippen LogP contribution in [0.2, 0.25) is 0 Å². The van der Waals surface area contributed by atoms with Crippen LogP contribution in [0.4, 0.5) is 0 Å². The molecule has 2 heterocycles. The average Bonchev–Trinajstić information content (AvgIpc) is 3.19. The molecule has 6 nitrogen and oxygen atoms in total. The highest BCUT2D eigenvalue weighted by atomic mass is 16.5. The fraction of sp³-hybridized carbons (Fsp3) is 0.474. The lowest BCUT2D eigenvalue weighted by Crippen LogP contribution is -2.54. The van der Waals surface area contributed by atoms with Gasteiger partial charge in [0.25, 0.3) is 5.97 Å². The SMILES string of the molecule is CC(=O)O.COC(=O)[C@@H]1Cc2c([nH]c3ccccc23)C2(CCCC2)N1. The molecular formula is C19H24N2O4. The molecule has 6 heteroatoms. The largest absolute Gasteiger partial charge is 0.481 e. The number of benzene rings is 1. The zero-order chi connectivity index (χ0) is 18.0. The Morgan fingerprint density at radius 2 is 1.88 bits per heavy atom. The van der Waals surface area contributed by atoms with E-state index in [-0.39, 0.29) is 17.6 Å². The maximum Gasteiger partial charge on any atom is 0.323 e. The molecule has 0 radical (unpaired) electrons. The summed E-state index contributed by atoms with van der Waals surface area (Å²) in [6.07, 6.45) is 5.28. The van der Waals surface area contributed by atoms with Crippen molar-refractivity contribution in [3.63, 3.8) is 0 Å². The molecule has 1 spiro atoms. The summed E-state index contributed by atoms with van der Waals surface area (Å²) in [6.45, 7) is 1.08. The zero-order valence-electron chi connectivity index (χ0n) is 14.6. The predicted octanol–water partition coefficient (Wildman–Crippen LogP) is 2.72. The molecule has 0 unspecified atom stereocenters. The number of ether oxygens (including phenoxy) is 1. The number of nitrogens with one attached hydrogen (secondary N) is 2. The number of methoxy groups -OCH3 is 1. The Labute approximate surface area is 146 Å². The Morgan fingerprint density at radius 1 is 1.24 bits per heavy atom. The lowest BCUT2D eigenvalue weighted by molar-refractivity contribution is -0.144. The fourth-order valence-corrected chi connectivity index (χ4v) is 4.14. The molecule has 3 N–H and O–H groups in total. The molecule has 1 atom stereocenters. The fourth-order valence-electron chi connectivity index (χ4n) is 4.14. The van der Waals surface area contributed by atoms with E-state index in [2.05, 4.69) is 34.6 Å². The highest BCUT2D eigenvalue weighted by molar-refractivity contribution is 5.87. The van der Waals surface area contributed by atoms with Gasteiger partial charge in [-0.05, 0) is 24.5 Å². The molecule has 1 aromatic carbocycles. The standard InChI is InChI=1S/C17H20N2O2.C2H4O2/c1-21-16(20)14-10-12-11-6-2-3-7-13(11)18-15(12)17(19-14)8-4-5-9-17;1-2(3)4/h2-3,6-7,14,18-19H,4-5,8-10H2,1H3;1H3,(H,3,4)/t14-;/m0./s1. The average molecular weight is 344 g/mol. The number of esters is 1. The van der Waals surface area contributed by atoms with Gasteiger partial charge in [0.1, 0.15) is 6.04 Å². The van der Waals surface area contributed by atoms with E-state index in [0.29, 0.717) is 6.42 Å². The second-order valence-electron chi connectivity index (χ2n) is 6.76. The number of rotatable bonds is 1. The number of aromatic amines is 1. The summed E-state index contributed by atoms with van der Waals surface area (Å²) >= 11 is 0. The summed E-state index contributed by atoms with van der Waals surface area (Å²) in [5.41, 5.74) is 3.68. The van der Waals surface area contributed by atoms with Crippen LogP contribution in [0.5, 0.6) is 0 Å². The molecule has 0 saturated heterocycles. The predicted molar refractivity (Wildman–Crippen MR) is 94.4 cm³/mol. The Hall–Kier alpha value is -2.34. The number of para-hydroxylation sites is 1. The lowest BCUT2D eigenvalue weighted by Gasteiger charge is -2.38. The van der Waals surface area contributed by atoms with Crippen molar-refractivity contribution >= 4 is 22.8 Å². The van der Waals surface area contributed by atoms with Crippen molar-refractivity contribution in [3.8, 4) is 0 Å². The molecule has 134 valence electrons. The number of carboxylic acids is 1. The van der Waals surface area contributed by atoms with Gasteiger partial charge in [0.2, 0.25) is 0 Å². The van der Waals surface area contributed by atoms with Gasteiger partial charge in [-0.2, -0.15) is 0 Å². The van der Waals surface area contributed by atoms with Crippen molar-refractivity contribution in [2.45, 2.75) is 50.6 Å². The Kier molecular flexibility index (Phi) is 4.81. The summed E-state index contributed by atoms with van der Waals surface area (Å²) in [5, 5.41) is 12.3. The van der Waals surface area contributed by atoms with Crippen LogP contribution in [-0.2, 0) is 26.3 Å². The van der Waals surface area contributed by atoms with E-state index in [1.54, 1.807) is 0 Å². The zero-order valence-corrected chi connectivity index (χ0v) is 14.6. The van der Waals surface area contributed by atoms with Crippen molar-refractivity contribution in [2.75, 3.05) is 7.11 Å². The number of hydrogen-bond acceptors (Lipinski definition) is 4. The Balaban J connectivity index is 0.000000415. The second kappa shape index (κ2) is 6.88. The number of H-pyrrole nitrogens is 1. The first-order valence-electron chi connectivity index (χ1n) is 8.62. The third-order valence-electron chi connectivity index (χ3n) is 5.09. The summed E-state index contributed by atoms with van der Waals surface area (Å²) in [7, 11) is 1.47. The van der Waals surface area contributed by atoms with E-state index in [4.69, 9.17) is 14.6 Å². The van der Waals surface area contributed by atoms with Gasteiger partial charge in [-0.3, -0.25) is 14.9 Å². The van der Waals surface area contributed by atoms with E-state index < -0.39 is 5.97 Å². The third-order valence-corrected chi connectivity index (χ3v) is 5.09. The van der Waals surface area contributed by atoms with Crippen molar-refractivity contribution < 1.29 is 19.4 Å². The van der Waals surface area contributed by atoms with E-state index in [9.17, 15) is 4.79 Å². The summed E-state index contributed by atoms with van der Waals surface area (Å²) in [6, 6.07) is 8.14. The summed E-state index contributed by atoms with van der Waals surface area (Å²) < 4.78 is 4.98. The van der Waals surface area contributed by atoms with Crippen LogP contribution in [0.3, 0.4) is 0 Å². The molecule has 1 aliphatic carbocycles. The van der Waals surface area contributed by atoms with Crippen LogP contribution in [0.1, 0.15) is 43.9 Å². The van der Waals surface area contributed by atoms with Gasteiger partial charge in [-0.15, -0.1) is 0 Å². The quantitative estimate of drug-likeness (QED) is 0.692. The number of aliphatic carboxylic acids is 1. The van der Waals surface area contributed by atoms with Gasteiger partial charge >= 0.3 is 5.97 Å². The Bertz CT molecular complexity index is 786. The van der Waals surface area contributed by atoms with E-state index >= 15 is 0 Å². The Morgan fingerprint density at radius 3 is 2.52 bits per heavy atom. The summed E-state index contributed by atoms with van der Waals surface area (Å²) in [5.74, 6) is -0.989. The van der Waals surface area contributed by atoms with Crippen molar-refractivity contribution in [2.24, 2.45) is 0 Å². The molecule has 25 heavy (non-hydrogen) atoms. The van der Waals surface area contributed by atoms with Crippen LogP contribution >= 0.6 is 0 Å². The van der Waals surface area contributed by atoms with Crippen molar-refractivity contribution in [3.05, 3.63) is 35.5 Å². The van der Waals surface area contributed by atoms with Crippen molar-refractivity contribution in [1.29, 1.82) is 0 Å². The first-order chi connectivity index (χ1) is 12.0. The van der Waals surface area contributed by atoms with E-state index in [1.807, 2.05) is 0 Å². The number of fused-ring (bicyclic) bond motifs is 4. The topological polar surface area (TPSA) is 91.4 Å². The minimum absolute atomic E-state index is 0.0779. The molecule has 1 fully saturated rings. The van der Waals surface area contributed by atoms with Gasteiger partial charge in [0.15, 0.2) is 0 Å². The highest BCUT2D eigenvalue weighted by Crippen LogP contribution is 2.45. The first kappa shape index (κ1) is 17.5. The first-order valence-corrected chi connectivity index (χ1v) is 8.62. The smallest absolute Gasteiger partial charge is 0.323 e. The van der Waals surface area contributed by atoms with Crippen LogP contribution in [0, 0.1) is 0 Å². The second-order valence-corrected chi connectivity index (χ2v) is 6.76. The number of hydrogen-bond donors (Lipinski definition) is 3. The number of carboxylic acid groups (broad SMARTS) is 1. The van der Waals surface area contributed by atoms with Crippen LogP contribution in [-0.4, -0.2) is 35.2 Å². The van der Waals surface area contributed by atoms with Crippen LogP contribution < -0.4 is 5.32 Å². The normalized spacial score (nSPS) is 20.6. The van der Waals surface area contributed by atoms with Crippen molar-refractivity contribution in [1.82, 2.24) is 10.3 Å². The maximum absolute atomic E-state index is 12.1. The molecule has 2 aromatic rings. The van der Waals surface area contributed by atoms with E-state index in [0.717, 1.165) is 19.8 Å². The third kappa shape index (κ3) is 3.26. The molecule has 0 bridgehead atoms. The molecule has 1 aliphatic heterocycles. The molecule has 2 aliphatic rings. The number of carbonyl (C=O) groups is 2. The summed E-state index contributed by atoms with van der Waals surface area (Å²) in [4.78, 5) is 24.7. The molecular weight excluding hydrogens is 320 g/mol. The van der Waals surface area contributed by atoms with Gasteiger partial charge < -0.3 is 14.8 Å². The van der Waals surface area contributed by atoms with Crippen LogP contribution in [0.15, 0.2) is 24.3 Å². The number of aromatic nitrogens is 1. The maximum atomic E-state index is 12.1. The molecule has 1 aromatic heterocycles. The minimum Gasteiger partial charge on any atom is -0.481 e. The minimum atomic E-state index is -0.833. The molecule has 1 saturated carbocycles. The highest BCUT2D eigenvalue weighted by Gasteiger charge is 2.45. The van der Waals surface area contributed by atoms with Gasteiger partial charge in [0, 0.05) is 29.9 Å². The van der Waals surface area contributed by atoms with Gasteiger partial charge in [-0.25, -0.2) is 0 Å². The molecule has 0 amide bonds. The van der Waals surface area contributed by atoms with Gasteiger partial charge in [-0.1, -0.05) is 31.0 Å². The monoisotopic (exact) mass is 344 g/mol.